The van der Waals surface area contributed by atoms with E-state index in [1.54, 1.807) is 24.3 Å². The van der Waals surface area contributed by atoms with Gasteiger partial charge in [-0.1, -0.05) is 23.7 Å². The van der Waals surface area contributed by atoms with Crippen LogP contribution < -0.4 is 10.1 Å². The summed E-state index contributed by atoms with van der Waals surface area (Å²) in [6, 6.07) is 10.9. The van der Waals surface area contributed by atoms with Gasteiger partial charge in [0.2, 0.25) is 5.91 Å². The van der Waals surface area contributed by atoms with Crippen LogP contribution in [0.2, 0.25) is 5.02 Å². The van der Waals surface area contributed by atoms with Crippen LogP contribution in [0, 0.1) is 15.9 Å². The number of amides is 2. The zero-order chi connectivity index (χ0) is 24.1. The van der Waals surface area contributed by atoms with Crippen LogP contribution in [-0.2, 0) is 17.8 Å². The topological polar surface area (TPSA) is 102 Å². The Labute approximate surface area is 198 Å². The van der Waals surface area contributed by atoms with E-state index in [9.17, 15) is 24.1 Å². The van der Waals surface area contributed by atoms with Crippen LogP contribution >= 0.6 is 11.6 Å². The Morgan fingerprint density at radius 1 is 1.21 bits per heavy atom. The highest BCUT2D eigenvalue weighted by Gasteiger charge is 2.47. The Hall–Kier alpha value is -3.98. The van der Waals surface area contributed by atoms with Gasteiger partial charge >= 0.3 is 0 Å². The van der Waals surface area contributed by atoms with Gasteiger partial charge in [-0.25, -0.2) is 4.39 Å². The number of rotatable bonds is 5. The molecule has 2 heterocycles. The van der Waals surface area contributed by atoms with Crippen LogP contribution in [-0.4, -0.2) is 28.7 Å². The molecule has 34 heavy (non-hydrogen) atoms. The van der Waals surface area contributed by atoms with Gasteiger partial charge in [0.05, 0.1) is 41.3 Å². The molecule has 1 N–H and O–H groups in total. The number of nitrogens with zero attached hydrogens (tertiary/aromatic N) is 2. The number of hydrogen-bond donors (Lipinski definition) is 1. The number of nitrogens with one attached hydrogen (secondary N) is 1. The molecular formula is C24H17ClFN3O5. The second-order valence-corrected chi connectivity index (χ2v) is 8.45. The first kappa shape index (κ1) is 21.8. The van der Waals surface area contributed by atoms with E-state index in [2.05, 4.69) is 5.32 Å². The number of carbonyl (C=O) groups is 2. The maximum atomic E-state index is 14.3. The van der Waals surface area contributed by atoms with E-state index in [-0.39, 0.29) is 52.0 Å². The first-order chi connectivity index (χ1) is 16.3. The molecule has 0 fully saturated rings. The summed E-state index contributed by atoms with van der Waals surface area (Å²) in [5, 5.41) is 14.8. The number of fused-ring (bicyclic) bond motifs is 3. The highest BCUT2D eigenvalue weighted by Crippen LogP contribution is 2.50. The van der Waals surface area contributed by atoms with Gasteiger partial charge < -0.3 is 15.0 Å². The number of benzene rings is 3. The number of halogens is 2. The largest absolute Gasteiger partial charge is 0.497 e. The van der Waals surface area contributed by atoms with Crippen molar-refractivity contribution in [2.45, 2.75) is 19.0 Å². The molecule has 10 heteroatoms. The summed E-state index contributed by atoms with van der Waals surface area (Å²) in [4.78, 5) is 38.7. The Morgan fingerprint density at radius 3 is 2.62 bits per heavy atom. The van der Waals surface area contributed by atoms with Gasteiger partial charge in [-0.15, -0.1) is 0 Å². The molecule has 1 unspecified atom stereocenters. The molecule has 0 bridgehead atoms. The third-order valence-electron chi connectivity index (χ3n) is 6.09. The summed E-state index contributed by atoms with van der Waals surface area (Å²) >= 11 is 6.41. The van der Waals surface area contributed by atoms with Gasteiger partial charge in [-0.2, -0.15) is 0 Å². The number of nitro benzene ring substituents is 1. The highest BCUT2D eigenvalue weighted by atomic mass is 35.5. The third-order valence-corrected chi connectivity index (χ3v) is 6.43. The second kappa shape index (κ2) is 8.11. The monoisotopic (exact) mass is 481 g/mol. The van der Waals surface area contributed by atoms with Gasteiger partial charge in [-0.05, 0) is 41.5 Å². The van der Waals surface area contributed by atoms with Gasteiger partial charge in [-0.3, -0.25) is 19.7 Å². The lowest BCUT2D eigenvalue weighted by Crippen LogP contribution is -2.28. The van der Waals surface area contributed by atoms with E-state index in [4.69, 9.17) is 16.3 Å². The molecule has 5 rings (SSSR count). The van der Waals surface area contributed by atoms with Crippen molar-refractivity contribution in [3.63, 3.8) is 0 Å². The smallest absolute Gasteiger partial charge is 0.277 e. The summed E-state index contributed by atoms with van der Waals surface area (Å²) < 4.78 is 19.5. The van der Waals surface area contributed by atoms with Crippen molar-refractivity contribution in [2.24, 2.45) is 0 Å². The van der Waals surface area contributed by atoms with Crippen LogP contribution in [0.15, 0.2) is 48.5 Å². The third kappa shape index (κ3) is 3.45. The van der Waals surface area contributed by atoms with Crippen molar-refractivity contribution in [3.8, 4) is 5.75 Å². The molecule has 2 aliphatic heterocycles. The number of carbonyl (C=O) groups excluding carboxylic acids is 2. The molecule has 3 aromatic rings. The van der Waals surface area contributed by atoms with E-state index in [1.165, 1.54) is 36.3 Å². The molecule has 0 saturated heterocycles. The fourth-order valence-electron chi connectivity index (χ4n) is 4.60. The fourth-order valence-corrected chi connectivity index (χ4v) is 4.82. The number of anilines is 1. The van der Waals surface area contributed by atoms with Gasteiger partial charge in [0.25, 0.3) is 11.6 Å². The fraction of sp³-hybridized carbons (Fsp3) is 0.167. The lowest BCUT2D eigenvalue weighted by atomic mass is 9.92. The van der Waals surface area contributed by atoms with E-state index in [0.29, 0.717) is 11.3 Å². The lowest BCUT2D eigenvalue weighted by molar-refractivity contribution is -0.385. The van der Waals surface area contributed by atoms with E-state index in [1.807, 2.05) is 0 Å². The number of hydrogen-bond acceptors (Lipinski definition) is 5. The average molecular weight is 482 g/mol. The molecule has 2 aliphatic rings. The number of ether oxygens (including phenoxy) is 1. The van der Waals surface area contributed by atoms with E-state index in [0.717, 1.165) is 5.56 Å². The molecule has 172 valence electrons. The molecule has 3 aromatic carbocycles. The summed E-state index contributed by atoms with van der Waals surface area (Å²) in [5.41, 5.74) is 1.43. The lowest BCUT2D eigenvalue weighted by Gasteiger charge is -2.26. The SMILES string of the molecule is COc1ccc(CN2C(=O)c3c4c(cc([N+](=O)[O-])c3C2c2cc(F)ccc2Cl)NC(=O)C4)cc1. The molecule has 2 amide bonds. The zero-order valence-electron chi connectivity index (χ0n) is 17.8. The van der Waals surface area contributed by atoms with Gasteiger partial charge in [0, 0.05) is 23.2 Å². The van der Waals surface area contributed by atoms with Crippen LogP contribution in [0.1, 0.15) is 38.7 Å². The molecule has 0 aromatic heterocycles. The molecular weight excluding hydrogens is 465 g/mol. The normalized spacial score (nSPS) is 16.3. The Kier molecular flexibility index (Phi) is 5.21. The van der Waals surface area contributed by atoms with E-state index < -0.39 is 22.7 Å². The van der Waals surface area contributed by atoms with Crippen molar-refractivity contribution in [1.82, 2.24) is 4.90 Å². The predicted molar refractivity (Wildman–Crippen MR) is 122 cm³/mol. The van der Waals surface area contributed by atoms with Crippen molar-refractivity contribution in [3.05, 3.63) is 97.3 Å². The first-order valence-electron chi connectivity index (χ1n) is 10.3. The van der Waals surface area contributed by atoms with Crippen molar-refractivity contribution >= 4 is 34.8 Å². The van der Waals surface area contributed by atoms with Crippen LogP contribution in [0.25, 0.3) is 0 Å². The number of methoxy groups -OCH3 is 1. The minimum Gasteiger partial charge on any atom is -0.497 e. The first-order valence-corrected chi connectivity index (χ1v) is 10.7. The standard InChI is InChI=1S/C24H17ClFN3O5/c1-34-14-5-2-12(3-6-14)11-28-23(15-8-13(26)4-7-17(15)25)22-19(29(32)33)10-18-16(9-20(30)27-18)21(22)24(28)31/h2-8,10,23H,9,11H2,1H3,(H,27,30). The molecule has 0 saturated carbocycles. The molecule has 1 atom stereocenters. The Morgan fingerprint density at radius 2 is 1.94 bits per heavy atom. The highest BCUT2D eigenvalue weighted by molar-refractivity contribution is 6.31. The minimum atomic E-state index is -1.02. The second-order valence-electron chi connectivity index (χ2n) is 8.04. The summed E-state index contributed by atoms with van der Waals surface area (Å²) in [5.74, 6) is -0.819. The van der Waals surface area contributed by atoms with Crippen molar-refractivity contribution < 1.29 is 23.6 Å². The molecule has 0 aliphatic carbocycles. The van der Waals surface area contributed by atoms with Crippen molar-refractivity contribution in [1.29, 1.82) is 0 Å². The van der Waals surface area contributed by atoms with Crippen molar-refractivity contribution in [2.75, 3.05) is 12.4 Å². The Balaban J connectivity index is 1.74. The quantitative estimate of drug-likeness (QED) is 0.422. The molecule has 0 radical (unpaired) electrons. The van der Waals surface area contributed by atoms with Crippen LogP contribution in [0.3, 0.4) is 0 Å². The maximum Gasteiger partial charge on any atom is 0.277 e. The minimum absolute atomic E-state index is 0.0717. The van der Waals surface area contributed by atoms with Gasteiger partial charge in [0.15, 0.2) is 0 Å². The summed E-state index contributed by atoms with van der Waals surface area (Å²) in [6.45, 7) is 0.0717. The molecule has 0 spiro atoms. The maximum absolute atomic E-state index is 14.3. The molecule has 8 nitrogen and oxygen atoms in total. The van der Waals surface area contributed by atoms with Gasteiger partial charge in [0.1, 0.15) is 11.6 Å². The summed E-state index contributed by atoms with van der Waals surface area (Å²) in [7, 11) is 1.53. The zero-order valence-corrected chi connectivity index (χ0v) is 18.6. The average Bonchev–Trinajstić information content (AvgIpc) is 3.32. The summed E-state index contributed by atoms with van der Waals surface area (Å²) in [6.07, 6.45) is -0.0820. The van der Waals surface area contributed by atoms with Crippen LogP contribution in [0.4, 0.5) is 15.8 Å². The van der Waals surface area contributed by atoms with Crippen LogP contribution in [0.5, 0.6) is 5.75 Å². The van der Waals surface area contributed by atoms with E-state index >= 15 is 0 Å². The predicted octanol–water partition coefficient (Wildman–Crippen LogP) is 4.64. The number of nitro groups is 1. The Bertz CT molecular complexity index is 1380.